The van der Waals surface area contributed by atoms with E-state index in [-0.39, 0.29) is 5.91 Å². The lowest BCUT2D eigenvalue weighted by molar-refractivity contribution is -0.132. The van der Waals surface area contributed by atoms with Gasteiger partial charge in [-0.15, -0.1) is 0 Å². The van der Waals surface area contributed by atoms with Crippen molar-refractivity contribution in [1.82, 2.24) is 15.3 Å². The molecule has 2 aliphatic heterocycles. The van der Waals surface area contributed by atoms with E-state index in [4.69, 9.17) is 0 Å². The normalized spacial score (nSPS) is 24.1. The third kappa shape index (κ3) is 2.45. The molecule has 0 aliphatic carbocycles. The first kappa shape index (κ1) is 9.93. The van der Waals surface area contributed by atoms with Crippen molar-refractivity contribution in [2.45, 2.75) is 25.7 Å². The smallest absolute Gasteiger partial charge is 0.238 e. The summed E-state index contributed by atoms with van der Waals surface area (Å²) in [6.07, 6.45) is 4.80. The van der Waals surface area contributed by atoms with Gasteiger partial charge in [-0.25, -0.2) is 5.01 Å². The van der Waals surface area contributed by atoms with Crippen molar-refractivity contribution in [3.8, 4) is 0 Å². The monoisotopic (exact) mass is 197 g/mol. The maximum Gasteiger partial charge on any atom is 0.238 e. The number of nitrogens with one attached hydrogen (secondary N) is 1. The summed E-state index contributed by atoms with van der Waals surface area (Å²) >= 11 is 0. The number of carbonyl (C=O) groups excluding carboxylic acids is 1. The Balaban J connectivity index is 1.75. The zero-order chi connectivity index (χ0) is 9.80. The molecule has 1 amide bonds. The molecule has 1 N–H and O–H groups in total. The molecule has 2 rings (SSSR count). The van der Waals surface area contributed by atoms with Gasteiger partial charge in [-0.3, -0.25) is 10.2 Å². The molecule has 0 spiro atoms. The molecule has 2 saturated heterocycles. The fourth-order valence-corrected chi connectivity index (χ4v) is 2.11. The van der Waals surface area contributed by atoms with Crippen LogP contribution >= 0.6 is 0 Å². The van der Waals surface area contributed by atoms with Gasteiger partial charge in [-0.1, -0.05) is 0 Å². The van der Waals surface area contributed by atoms with Gasteiger partial charge >= 0.3 is 0 Å². The summed E-state index contributed by atoms with van der Waals surface area (Å²) in [5.41, 5.74) is 3.26. The van der Waals surface area contributed by atoms with Crippen LogP contribution in [0.2, 0.25) is 0 Å². The lowest BCUT2D eigenvalue weighted by Gasteiger charge is -2.28. The third-order valence-electron chi connectivity index (χ3n) is 2.98. The Morgan fingerprint density at radius 3 is 2.43 bits per heavy atom. The van der Waals surface area contributed by atoms with Crippen LogP contribution in [0.1, 0.15) is 25.7 Å². The van der Waals surface area contributed by atoms with Gasteiger partial charge in [0.1, 0.15) is 0 Å². The number of hydrazine groups is 1. The first-order valence-electron chi connectivity index (χ1n) is 5.62. The number of carbonyl (C=O) groups is 1. The minimum absolute atomic E-state index is 0.289. The number of amides is 1. The van der Waals surface area contributed by atoms with E-state index in [1.165, 1.54) is 25.7 Å². The molecule has 0 radical (unpaired) electrons. The van der Waals surface area contributed by atoms with Crippen LogP contribution in [0.5, 0.6) is 0 Å². The molecular weight excluding hydrogens is 178 g/mol. The molecule has 0 aromatic rings. The second-order valence-corrected chi connectivity index (χ2v) is 4.12. The maximum absolute atomic E-state index is 11.8. The second kappa shape index (κ2) is 4.75. The highest BCUT2D eigenvalue weighted by molar-refractivity contribution is 5.78. The number of likely N-dealkylation sites (tertiary alicyclic amines) is 1. The van der Waals surface area contributed by atoms with Crippen LogP contribution in [0.3, 0.4) is 0 Å². The highest BCUT2D eigenvalue weighted by Crippen LogP contribution is 2.08. The predicted molar refractivity (Wildman–Crippen MR) is 54.6 cm³/mol. The van der Waals surface area contributed by atoms with E-state index >= 15 is 0 Å². The lowest BCUT2D eigenvalue weighted by atomic mass is 10.2. The van der Waals surface area contributed by atoms with Gasteiger partial charge in [0.2, 0.25) is 5.91 Å². The Hall–Kier alpha value is -0.610. The van der Waals surface area contributed by atoms with E-state index < -0.39 is 0 Å². The van der Waals surface area contributed by atoms with Crippen molar-refractivity contribution in [1.29, 1.82) is 0 Å². The summed E-state index contributed by atoms with van der Waals surface area (Å²) in [6, 6.07) is 0. The van der Waals surface area contributed by atoms with Crippen LogP contribution in [0.15, 0.2) is 0 Å². The van der Waals surface area contributed by atoms with E-state index in [0.717, 1.165) is 26.2 Å². The maximum atomic E-state index is 11.8. The molecule has 2 aliphatic rings. The lowest BCUT2D eigenvalue weighted by Crippen LogP contribution is -2.48. The summed E-state index contributed by atoms with van der Waals surface area (Å²) in [6.45, 7) is 4.52. The molecule has 4 nitrogen and oxygen atoms in total. The van der Waals surface area contributed by atoms with Crippen molar-refractivity contribution in [3.63, 3.8) is 0 Å². The van der Waals surface area contributed by atoms with Crippen molar-refractivity contribution in [3.05, 3.63) is 0 Å². The summed E-state index contributed by atoms with van der Waals surface area (Å²) in [5, 5.41) is 2.06. The van der Waals surface area contributed by atoms with Gasteiger partial charge in [0, 0.05) is 26.2 Å². The van der Waals surface area contributed by atoms with Gasteiger partial charge in [-0.05, 0) is 25.7 Å². The van der Waals surface area contributed by atoms with Crippen LogP contribution in [0.25, 0.3) is 0 Å². The predicted octanol–water partition coefficient (Wildman–Crippen LogP) is 0.209. The number of nitrogens with zero attached hydrogens (tertiary/aromatic N) is 2. The van der Waals surface area contributed by atoms with E-state index in [2.05, 4.69) is 10.4 Å². The summed E-state index contributed by atoms with van der Waals surface area (Å²) < 4.78 is 0. The van der Waals surface area contributed by atoms with Gasteiger partial charge in [0.05, 0.1) is 6.54 Å². The van der Waals surface area contributed by atoms with Crippen molar-refractivity contribution in [2.24, 2.45) is 0 Å². The molecule has 0 aromatic carbocycles. The zero-order valence-electron chi connectivity index (χ0n) is 8.67. The van der Waals surface area contributed by atoms with Crippen LogP contribution < -0.4 is 5.43 Å². The van der Waals surface area contributed by atoms with Crippen molar-refractivity contribution < 1.29 is 4.79 Å². The number of hydrogen-bond acceptors (Lipinski definition) is 3. The molecule has 0 saturated carbocycles. The molecule has 2 fully saturated rings. The molecule has 14 heavy (non-hydrogen) atoms. The molecule has 0 unspecified atom stereocenters. The highest BCUT2D eigenvalue weighted by Gasteiger charge is 2.20. The van der Waals surface area contributed by atoms with E-state index in [0.29, 0.717) is 6.54 Å². The quantitative estimate of drug-likeness (QED) is 0.687. The summed E-state index contributed by atoms with van der Waals surface area (Å²) in [5.74, 6) is 0.289. The Bertz CT molecular complexity index is 196. The first-order valence-corrected chi connectivity index (χ1v) is 5.62. The molecule has 2 heterocycles. The largest absolute Gasteiger partial charge is 0.342 e. The Morgan fingerprint density at radius 2 is 1.79 bits per heavy atom. The molecule has 0 atom stereocenters. The Kier molecular flexibility index (Phi) is 3.37. The Morgan fingerprint density at radius 1 is 1.07 bits per heavy atom. The van der Waals surface area contributed by atoms with E-state index in [9.17, 15) is 4.79 Å². The van der Waals surface area contributed by atoms with Gasteiger partial charge in [0.25, 0.3) is 0 Å². The van der Waals surface area contributed by atoms with Gasteiger partial charge in [0.15, 0.2) is 0 Å². The molecule has 0 aromatic heterocycles. The minimum atomic E-state index is 0.289. The standard InChI is InChI=1S/C10H19N3O/c14-10(12-6-3-4-7-12)9-13-8-2-1-5-11-13/h11H,1-9H2. The fraction of sp³-hybridized carbons (Fsp3) is 0.900. The SMILES string of the molecule is O=C(CN1CCCCN1)N1CCCC1. The highest BCUT2D eigenvalue weighted by atomic mass is 16.2. The summed E-state index contributed by atoms with van der Waals surface area (Å²) in [4.78, 5) is 13.7. The number of hydrogen-bond donors (Lipinski definition) is 1. The summed E-state index contributed by atoms with van der Waals surface area (Å²) in [7, 11) is 0. The minimum Gasteiger partial charge on any atom is -0.342 e. The second-order valence-electron chi connectivity index (χ2n) is 4.12. The van der Waals surface area contributed by atoms with Crippen molar-refractivity contribution in [2.75, 3.05) is 32.7 Å². The zero-order valence-corrected chi connectivity index (χ0v) is 8.67. The van der Waals surface area contributed by atoms with Crippen LogP contribution in [0, 0.1) is 0 Å². The van der Waals surface area contributed by atoms with Crippen LogP contribution in [0.4, 0.5) is 0 Å². The average Bonchev–Trinajstić information content (AvgIpc) is 2.72. The van der Waals surface area contributed by atoms with Crippen LogP contribution in [-0.4, -0.2) is 48.5 Å². The number of rotatable bonds is 2. The average molecular weight is 197 g/mol. The van der Waals surface area contributed by atoms with Crippen molar-refractivity contribution >= 4 is 5.91 Å². The van der Waals surface area contributed by atoms with Gasteiger partial charge in [-0.2, -0.15) is 0 Å². The molecule has 0 bridgehead atoms. The first-order chi connectivity index (χ1) is 6.86. The third-order valence-corrected chi connectivity index (χ3v) is 2.98. The topological polar surface area (TPSA) is 35.6 Å². The van der Waals surface area contributed by atoms with Gasteiger partial charge < -0.3 is 4.90 Å². The van der Waals surface area contributed by atoms with E-state index in [1.54, 1.807) is 0 Å². The van der Waals surface area contributed by atoms with Crippen LogP contribution in [-0.2, 0) is 4.79 Å². The molecular formula is C10H19N3O. The Labute approximate surface area is 85.2 Å². The van der Waals surface area contributed by atoms with E-state index in [1.807, 2.05) is 4.90 Å². The molecule has 80 valence electrons. The molecule has 4 heteroatoms. The fourth-order valence-electron chi connectivity index (χ4n) is 2.11.